The molecule has 0 aliphatic heterocycles. The van der Waals surface area contributed by atoms with E-state index in [0.717, 1.165) is 11.3 Å². The van der Waals surface area contributed by atoms with Crippen molar-refractivity contribution in [1.82, 2.24) is 14.5 Å². The zero-order chi connectivity index (χ0) is 11.0. The minimum absolute atomic E-state index is 0.274. The third-order valence-electron chi connectivity index (χ3n) is 1.91. The molecule has 0 spiro atoms. The summed E-state index contributed by atoms with van der Waals surface area (Å²) in [6.07, 6.45) is 3.47. The largest absolute Gasteiger partial charge is 0.477 e. The highest BCUT2D eigenvalue weighted by Gasteiger charge is 2.15. The number of hydrogen-bond acceptors (Lipinski definition) is 4. The maximum Gasteiger partial charge on any atom is 0.347 e. The maximum absolute atomic E-state index is 10.8. The van der Waals surface area contributed by atoms with Crippen molar-refractivity contribution in [3.8, 4) is 10.7 Å². The topological polar surface area (TPSA) is 68.0 Å². The van der Waals surface area contributed by atoms with Crippen LogP contribution in [0, 0.1) is 6.92 Å². The van der Waals surface area contributed by atoms with E-state index in [-0.39, 0.29) is 4.88 Å². The number of aromatic nitrogens is 3. The molecule has 0 bridgehead atoms. The molecule has 2 aromatic heterocycles. The quantitative estimate of drug-likeness (QED) is 0.838. The molecule has 1 N–H and O–H groups in total. The van der Waals surface area contributed by atoms with Crippen LogP contribution in [0.15, 0.2) is 12.5 Å². The number of rotatable bonds is 2. The average Bonchev–Trinajstić information content (AvgIpc) is 2.71. The molecule has 0 saturated heterocycles. The molecule has 0 aliphatic carbocycles. The maximum atomic E-state index is 10.8. The molecule has 0 aliphatic rings. The summed E-state index contributed by atoms with van der Waals surface area (Å²) in [5.41, 5.74) is 1.24. The van der Waals surface area contributed by atoms with Crippen molar-refractivity contribution in [3.63, 3.8) is 0 Å². The molecule has 0 atom stereocenters. The Morgan fingerprint density at radius 1 is 1.60 bits per heavy atom. The Kier molecular flexibility index (Phi) is 2.28. The Labute approximate surface area is 90.0 Å². The van der Waals surface area contributed by atoms with E-state index in [2.05, 4.69) is 9.97 Å². The second kappa shape index (κ2) is 3.47. The van der Waals surface area contributed by atoms with Crippen LogP contribution >= 0.6 is 11.3 Å². The van der Waals surface area contributed by atoms with E-state index in [1.807, 2.05) is 13.2 Å². The van der Waals surface area contributed by atoms with Crippen LogP contribution in [0.4, 0.5) is 0 Å². The van der Waals surface area contributed by atoms with Crippen molar-refractivity contribution in [3.05, 3.63) is 23.1 Å². The van der Waals surface area contributed by atoms with Crippen molar-refractivity contribution < 1.29 is 9.90 Å². The van der Waals surface area contributed by atoms with Gasteiger partial charge in [0.15, 0.2) is 0 Å². The molecule has 15 heavy (non-hydrogen) atoms. The van der Waals surface area contributed by atoms with Gasteiger partial charge in [-0.15, -0.1) is 11.3 Å². The van der Waals surface area contributed by atoms with Gasteiger partial charge in [0, 0.05) is 13.2 Å². The third kappa shape index (κ3) is 1.75. The first kappa shape index (κ1) is 9.85. The monoisotopic (exact) mass is 223 g/mol. The normalized spacial score (nSPS) is 10.5. The van der Waals surface area contributed by atoms with Crippen LogP contribution in [-0.2, 0) is 7.05 Å². The SMILES string of the molecule is Cc1nc(-c2cn(C)cn2)sc1C(=O)O. The smallest absolute Gasteiger partial charge is 0.347 e. The van der Waals surface area contributed by atoms with Crippen LogP contribution in [-0.4, -0.2) is 25.6 Å². The van der Waals surface area contributed by atoms with E-state index >= 15 is 0 Å². The Hall–Kier alpha value is -1.69. The molecule has 0 fully saturated rings. The van der Waals surface area contributed by atoms with Crippen LogP contribution in [0.25, 0.3) is 10.7 Å². The lowest BCUT2D eigenvalue weighted by Crippen LogP contribution is -1.94. The van der Waals surface area contributed by atoms with E-state index in [0.29, 0.717) is 16.4 Å². The van der Waals surface area contributed by atoms with Crippen LogP contribution in [0.2, 0.25) is 0 Å². The molecular formula is C9H9N3O2S. The van der Waals surface area contributed by atoms with Gasteiger partial charge in [-0.3, -0.25) is 0 Å². The van der Waals surface area contributed by atoms with Gasteiger partial charge < -0.3 is 9.67 Å². The summed E-state index contributed by atoms with van der Waals surface area (Å²) in [6, 6.07) is 0. The van der Waals surface area contributed by atoms with Gasteiger partial charge in [-0.25, -0.2) is 14.8 Å². The third-order valence-corrected chi connectivity index (χ3v) is 3.08. The van der Waals surface area contributed by atoms with Gasteiger partial charge in [0.25, 0.3) is 0 Å². The Bertz CT molecular complexity index is 515. The van der Waals surface area contributed by atoms with Crippen LogP contribution in [0.3, 0.4) is 0 Å². The van der Waals surface area contributed by atoms with Crippen molar-refractivity contribution in [2.24, 2.45) is 7.05 Å². The minimum Gasteiger partial charge on any atom is -0.477 e. The summed E-state index contributed by atoms with van der Waals surface area (Å²) in [6.45, 7) is 1.69. The van der Waals surface area contributed by atoms with Crippen LogP contribution in [0.1, 0.15) is 15.4 Å². The van der Waals surface area contributed by atoms with Gasteiger partial charge in [-0.2, -0.15) is 0 Å². The van der Waals surface area contributed by atoms with E-state index in [1.54, 1.807) is 17.8 Å². The molecule has 5 nitrogen and oxygen atoms in total. The van der Waals surface area contributed by atoms with Gasteiger partial charge in [-0.05, 0) is 6.92 Å². The fourth-order valence-corrected chi connectivity index (χ4v) is 2.09. The highest BCUT2D eigenvalue weighted by atomic mass is 32.1. The molecule has 0 aromatic carbocycles. The number of hydrogen-bond donors (Lipinski definition) is 1. The summed E-state index contributed by atoms with van der Waals surface area (Å²) >= 11 is 1.15. The molecular weight excluding hydrogens is 214 g/mol. The Morgan fingerprint density at radius 2 is 2.33 bits per heavy atom. The summed E-state index contributed by atoms with van der Waals surface area (Å²) < 4.78 is 1.80. The predicted molar refractivity (Wildman–Crippen MR) is 56.0 cm³/mol. The molecule has 78 valence electrons. The zero-order valence-electron chi connectivity index (χ0n) is 8.26. The van der Waals surface area contributed by atoms with E-state index in [9.17, 15) is 4.79 Å². The van der Waals surface area contributed by atoms with Crippen molar-refractivity contribution in [2.75, 3.05) is 0 Å². The molecule has 0 unspecified atom stereocenters. The number of imidazole rings is 1. The summed E-state index contributed by atoms with van der Waals surface area (Å²) in [7, 11) is 1.86. The minimum atomic E-state index is -0.938. The molecule has 0 saturated carbocycles. The molecule has 2 heterocycles. The number of nitrogens with zero attached hydrogens (tertiary/aromatic N) is 3. The van der Waals surface area contributed by atoms with Gasteiger partial charge in [-0.1, -0.05) is 0 Å². The fourth-order valence-electron chi connectivity index (χ4n) is 1.23. The average molecular weight is 223 g/mol. The van der Waals surface area contributed by atoms with Crippen LogP contribution in [0.5, 0.6) is 0 Å². The summed E-state index contributed by atoms with van der Waals surface area (Å²) in [5.74, 6) is -0.938. The second-order valence-corrected chi connectivity index (χ2v) is 4.16. The zero-order valence-corrected chi connectivity index (χ0v) is 9.08. The van der Waals surface area contributed by atoms with E-state index < -0.39 is 5.97 Å². The number of carboxylic acid groups (broad SMARTS) is 1. The first-order valence-electron chi connectivity index (χ1n) is 4.27. The van der Waals surface area contributed by atoms with Gasteiger partial charge in [0.2, 0.25) is 0 Å². The molecule has 0 radical (unpaired) electrons. The number of carbonyl (C=O) groups is 1. The summed E-state index contributed by atoms with van der Waals surface area (Å²) in [4.78, 5) is 19.4. The van der Waals surface area contributed by atoms with E-state index in [4.69, 9.17) is 5.11 Å². The molecule has 6 heteroatoms. The number of carboxylic acids is 1. The van der Waals surface area contributed by atoms with Crippen molar-refractivity contribution >= 4 is 17.3 Å². The molecule has 2 rings (SSSR count). The number of thiazole rings is 1. The lowest BCUT2D eigenvalue weighted by atomic mass is 10.4. The molecule has 2 aromatic rings. The lowest BCUT2D eigenvalue weighted by molar-refractivity contribution is 0.0701. The highest BCUT2D eigenvalue weighted by Crippen LogP contribution is 2.26. The number of aryl methyl sites for hydroxylation is 2. The Morgan fingerprint density at radius 3 is 2.80 bits per heavy atom. The lowest BCUT2D eigenvalue weighted by Gasteiger charge is -1.85. The predicted octanol–water partition coefficient (Wildman–Crippen LogP) is 1.55. The van der Waals surface area contributed by atoms with Crippen LogP contribution < -0.4 is 0 Å². The first-order valence-corrected chi connectivity index (χ1v) is 5.08. The van der Waals surface area contributed by atoms with Crippen molar-refractivity contribution in [1.29, 1.82) is 0 Å². The Balaban J connectivity index is 2.46. The fraction of sp³-hybridized carbons (Fsp3) is 0.222. The molecule has 0 amide bonds. The summed E-state index contributed by atoms with van der Waals surface area (Å²) in [5, 5.41) is 9.52. The van der Waals surface area contributed by atoms with Gasteiger partial charge in [0.1, 0.15) is 15.6 Å². The standard InChI is InChI=1S/C9H9N3O2S/c1-5-7(9(13)14)15-8(11-5)6-3-12(2)4-10-6/h3-4H,1-2H3,(H,13,14). The van der Waals surface area contributed by atoms with E-state index in [1.165, 1.54) is 0 Å². The van der Waals surface area contributed by atoms with Gasteiger partial charge >= 0.3 is 5.97 Å². The van der Waals surface area contributed by atoms with Gasteiger partial charge in [0.05, 0.1) is 12.0 Å². The highest BCUT2D eigenvalue weighted by molar-refractivity contribution is 7.16. The first-order chi connectivity index (χ1) is 7.08. The van der Waals surface area contributed by atoms with Crippen molar-refractivity contribution in [2.45, 2.75) is 6.92 Å². The second-order valence-electron chi connectivity index (χ2n) is 3.16. The number of aromatic carboxylic acids is 1.